The van der Waals surface area contributed by atoms with E-state index in [9.17, 15) is 4.79 Å². The number of carbonyl (C=O) groups is 1. The largest absolute Gasteiger partial charge is 0.272 e. The Morgan fingerprint density at radius 2 is 1.94 bits per heavy atom. The van der Waals surface area contributed by atoms with Crippen LogP contribution in [0.2, 0.25) is 0 Å². The van der Waals surface area contributed by atoms with Crippen molar-refractivity contribution < 1.29 is 4.79 Å². The van der Waals surface area contributed by atoms with Crippen molar-refractivity contribution in [2.75, 3.05) is 0 Å². The molecular weight excluding hydrogens is 386 g/mol. The van der Waals surface area contributed by atoms with E-state index in [1.54, 1.807) is 12.4 Å². The summed E-state index contributed by atoms with van der Waals surface area (Å²) in [4.78, 5) is 17.8. The number of aryl methyl sites for hydroxylation is 3. The van der Waals surface area contributed by atoms with Crippen molar-refractivity contribution in [3.63, 3.8) is 0 Å². The first-order chi connectivity index (χ1) is 15.0. The average molecular weight is 412 g/mol. The molecule has 4 rings (SSSR count). The van der Waals surface area contributed by atoms with Crippen LogP contribution in [0.5, 0.6) is 0 Å². The number of nitrogens with one attached hydrogen (secondary N) is 1. The topological polar surface area (TPSA) is 72.2 Å². The van der Waals surface area contributed by atoms with Crippen molar-refractivity contribution in [3.05, 3.63) is 82.7 Å². The van der Waals surface area contributed by atoms with E-state index in [-0.39, 0.29) is 5.91 Å². The first-order valence-electron chi connectivity index (χ1n) is 10.3. The molecule has 0 aliphatic carbocycles. The van der Waals surface area contributed by atoms with Crippen LogP contribution in [0.15, 0.2) is 59.8 Å². The maximum atomic E-state index is 13.0. The quantitative estimate of drug-likeness (QED) is 0.378. The summed E-state index contributed by atoms with van der Waals surface area (Å²) in [6.45, 7) is 8.92. The van der Waals surface area contributed by atoms with Crippen LogP contribution in [-0.4, -0.2) is 26.9 Å². The predicted octanol–water partition coefficient (Wildman–Crippen LogP) is 4.81. The molecule has 2 aromatic carbocycles. The molecule has 0 spiro atoms. The minimum Gasteiger partial charge on any atom is -0.269 e. The second-order valence-corrected chi connectivity index (χ2v) is 7.59. The van der Waals surface area contributed by atoms with Gasteiger partial charge in [0, 0.05) is 28.8 Å². The van der Waals surface area contributed by atoms with Gasteiger partial charge in [0.05, 0.1) is 29.2 Å². The van der Waals surface area contributed by atoms with Crippen LogP contribution in [0.25, 0.3) is 22.2 Å². The number of aromatic nitrogens is 3. The highest BCUT2D eigenvalue weighted by molar-refractivity contribution is 6.07. The number of nitrogens with zero attached hydrogens (tertiary/aromatic N) is 4. The number of pyridine rings is 1. The molecule has 0 atom stereocenters. The Morgan fingerprint density at radius 1 is 1.13 bits per heavy atom. The summed E-state index contributed by atoms with van der Waals surface area (Å²) in [7, 11) is 0. The maximum Gasteiger partial charge on any atom is 0.272 e. The van der Waals surface area contributed by atoms with Crippen LogP contribution in [0, 0.1) is 20.8 Å². The molecule has 0 aliphatic rings. The Hall–Kier alpha value is -3.80. The summed E-state index contributed by atoms with van der Waals surface area (Å²) in [5, 5.41) is 9.25. The third kappa shape index (κ3) is 4.10. The maximum absolute atomic E-state index is 13.0. The van der Waals surface area contributed by atoms with Gasteiger partial charge in [-0.1, -0.05) is 42.0 Å². The van der Waals surface area contributed by atoms with E-state index < -0.39 is 0 Å². The predicted molar refractivity (Wildman–Crippen MR) is 124 cm³/mol. The molecule has 4 aromatic rings. The van der Waals surface area contributed by atoms with Crippen LogP contribution in [-0.2, 0) is 6.54 Å². The van der Waals surface area contributed by atoms with Crippen molar-refractivity contribution in [1.82, 2.24) is 20.2 Å². The van der Waals surface area contributed by atoms with Crippen LogP contribution >= 0.6 is 0 Å². The van der Waals surface area contributed by atoms with Crippen molar-refractivity contribution in [3.8, 4) is 11.3 Å². The second kappa shape index (κ2) is 8.52. The number of carbonyl (C=O) groups excluding carboxylic acids is 1. The van der Waals surface area contributed by atoms with Gasteiger partial charge in [-0.2, -0.15) is 10.2 Å². The third-order valence-electron chi connectivity index (χ3n) is 5.43. The summed E-state index contributed by atoms with van der Waals surface area (Å²) in [5.41, 5.74) is 9.95. The molecule has 0 radical (unpaired) electrons. The highest BCUT2D eigenvalue weighted by atomic mass is 16.2. The molecular formula is C25H25N5O. The van der Waals surface area contributed by atoms with E-state index >= 15 is 0 Å². The number of para-hydroxylation sites is 1. The van der Waals surface area contributed by atoms with Crippen LogP contribution in [0.4, 0.5) is 0 Å². The molecule has 1 N–H and O–H groups in total. The summed E-state index contributed by atoms with van der Waals surface area (Å²) >= 11 is 0. The highest BCUT2D eigenvalue weighted by Gasteiger charge is 2.14. The fourth-order valence-electron chi connectivity index (χ4n) is 3.73. The first-order valence-corrected chi connectivity index (χ1v) is 10.3. The Morgan fingerprint density at radius 3 is 2.68 bits per heavy atom. The standard InChI is InChI=1S/C25H25N5O/c1-5-30-18(4)19(15-27-30)14-26-29-25(31)22-13-24(20-11-10-16(2)12-17(20)3)28-23-9-7-6-8-21(22)23/h6-15H,5H2,1-4H3,(H,29,31). The number of fused-ring (bicyclic) bond motifs is 1. The van der Waals surface area contributed by atoms with E-state index in [0.29, 0.717) is 5.56 Å². The lowest BCUT2D eigenvalue weighted by Crippen LogP contribution is -2.18. The van der Waals surface area contributed by atoms with Crippen LogP contribution in [0.3, 0.4) is 0 Å². The van der Waals surface area contributed by atoms with Gasteiger partial charge in [0.25, 0.3) is 5.91 Å². The fraction of sp³-hybridized carbons (Fsp3) is 0.200. The minimum absolute atomic E-state index is 0.276. The van der Waals surface area contributed by atoms with Crippen molar-refractivity contribution in [2.45, 2.75) is 34.2 Å². The highest BCUT2D eigenvalue weighted by Crippen LogP contribution is 2.27. The summed E-state index contributed by atoms with van der Waals surface area (Å²) in [5.74, 6) is -0.276. The minimum atomic E-state index is -0.276. The Labute approximate surface area is 181 Å². The molecule has 156 valence electrons. The number of hydrogen-bond acceptors (Lipinski definition) is 4. The second-order valence-electron chi connectivity index (χ2n) is 7.59. The van der Waals surface area contributed by atoms with Gasteiger partial charge in [-0.3, -0.25) is 9.48 Å². The van der Waals surface area contributed by atoms with Gasteiger partial charge in [-0.05, 0) is 45.4 Å². The summed E-state index contributed by atoms with van der Waals surface area (Å²) in [6, 6.07) is 15.7. The van der Waals surface area contributed by atoms with Crippen LogP contribution in [0.1, 0.15) is 39.7 Å². The molecule has 0 fully saturated rings. The monoisotopic (exact) mass is 411 g/mol. The molecule has 0 unspecified atom stereocenters. The third-order valence-corrected chi connectivity index (χ3v) is 5.43. The van der Waals surface area contributed by atoms with Crippen molar-refractivity contribution >= 4 is 23.0 Å². The van der Waals surface area contributed by atoms with Gasteiger partial charge < -0.3 is 0 Å². The number of rotatable bonds is 5. The number of benzene rings is 2. The molecule has 0 aliphatic heterocycles. The lowest BCUT2D eigenvalue weighted by atomic mass is 9.99. The van der Waals surface area contributed by atoms with Gasteiger partial charge in [0.1, 0.15) is 0 Å². The molecule has 1 amide bonds. The first kappa shape index (κ1) is 20.5. The zero-order chi connectivity index (χ0) is 22.0. The van der Waals surface area contributed by atoms with E-state index in [2.05, 4.69) is 47.7 Å². The molecule has 6 heteroatoms. The van der Waals surface area contributed by atoms with E-state index in [1.807, 2.05) is 48.9 Å². The molecule has 2 heterocycles. The van der Waals surface area contributed by atoms with Gasteiger partial charge in [0.15, 0.2) is 0 Å². The summed E-state index contributed by atoms with van der Waals surface area (Å²) < 4.78 is 1.88. The SMILES string of the molecule is CCn1ncc(C=NNC(=O)c2cc(-c3ccc(C)cc3C)nc3ccccc23)c1C. The smallest absolute Gasteiger partial charge is 0.269 e. The molecule has 6 nitrogen and oxygen atoms in total. The lowest BCUT2D eigenvalue weighted by molar-refractivity contribution is 0.0956. The Balaban J connectivity index is 1.69. The molecule has 0 saturated carbocycles. The normalized spacial score (nSPS) is 11.4. The van der Waals surface area contributed by atoms with Gasteiger partial charge in [-0.15, -0.1) is 0 Å². The zero-order valence-electron chi connectivity index (χ0n) is 18.2. The molecule has 0 bridgehead atoms. The number of amides is 1. The zero-order valence-corrected chi connectivity index (χ0v) is 18.2. The van der Waals surface area contributed by atoms with Crippen molar-refractivity contribution in [2.24, 2.45) is 5.10 Å². The van der Waals surface area contributed by atoms with E-state index in [0.717, 1.165) is 45.5 Å². The van der Waals surface area contributed by atoms with Gasteiger partial charge >= 0.3 is 0 Å². The molecule has 31 heavy (non-hydrogen) atoms. The Bertz CT molecular complexity index is 1300. The van der Waals surface area contributed by atoms with Gasteiger partial charge in [-0.25, -0.2) is 10.4 Å². The van der Waals surface area contributed by atoms with Crippen LogP contribution < -0.4 is 5.43 Å². The number of hydrazone groups is 1. The van der Waals surface area contributed by atoms with E-state index in [4.69, 9.17) is 4.98 Å². The van der Waals surface area contributed by atoms with Crippen molar-refractivity contribution in [1.29, 1.82) is 0 Å². The number of hydrogen-bond donors (Lipinski definition) is 1. The molecule has 2 aromatic heterocycles. The van der Waals surface area contributed by atoms with E-state index in [1.165, 1.54) is 5.56 Å². The summed E-state index contributed by atoms with van der Waals surface area (Å²) in [6.07, 6.45) is 3.37. The Kier molecular flexibility index (Phi) is 5.62. The fourth-order valence-corrected chi connectivity index (χ4v) is 3.73. The molecule has 0 saturated heterocycles. The average Bonchev–Trinajstić information content (AvgIpc) is 3.12. The van der Waals surface area contributed by atoms with Gasteiger partial charge in [0.2, 0.25) is 0 Å². The lowest BCUT2D eigenvalue weighted by Gasteiger charge is -2.11.